The van der Waals surface area contributed by atoms with Crippen LogP contribution in [0.5, 0.6) is 0 Å². The van der Waals surface area contributed by atoms with Gasteiger partial charge in [-0.1, -0.05) is 0 Å². The van der Waals surface area contributed by atoms with Gasteiger partial charge in [-0.25, -0.2) is 8.78 Å². The van der Waals surface area contributed by atoms with Crippen LogP contribution in [-0.4, -0.2) is 43.0 Å². The van der Waals surface area contributed by atoms with Crippen molar-refractivity contribution in [3.05, 3.63) is 29.8 Å². The Morgan fingerprint density at radius 1 is 1.41 bits per heavy atom. The van der Waals surface area contributed by atoms with Crippen LogP contribution < -0.4 is 10.6 Å². The van der Waals surface area contributed by atoms with Gasteiger partial charge in [-0.2, -0.15) is 0 Å². The van der Waals surface area contributed by atoms with Crippen LogP contribution in [0.4, 0.5) is 14.5 Å². The molecule has 0 radical (unpaired) electrons. The molecular weight excluding hydrogens is 312 g/mol. The predicted octanol–water partition coefficient (Wildman–Crippen LogP) is 2.40. The highest BCUT2D eigenvalue weighted by Crippen LogP contribution is 2.17. The largest absolute Gasteiger partial charge is 0.322 e. The number of piperidine rings is 1. The van der Waals surface area contributed by atoms with E-state index < -0.39 is 11.6 Å². The van der Waals surface area contributed by atoms with Crippen molar-refractivity contribution >= 4 is 24.0 Å². The van der Waals surface area contributed by atoms with Crippen molar-refractivity contribution in [3.8, 4) is 0 Å². The number of likely N-dealkylation sites (N-methyl/N-ethyl adjacent to an activating group) is 1. The zero-order valence-corrected chi connectivity index (χ0v) is 13.6. The quantitative estimate of drug-likeness (QED) is 0.889. The van der Waals surface area contributed by atoms with E-state index in [0.29, 0.717) is 6.04 Å². The molecule has 0 spiro atoms. The second kappa shape index (κ2) is 8.41. The second-order valence-electron chi connectivity index (χ2n) is 5.41. The predicted molar refractivity (Wildman–Crippen MR) is 85.4 cm³/mol. The summed E-state index contributed by atoms with van der Waals surface area (Å²) in [5.74, 6) is -1.70. The summed E-state index contributed by atoms with van der Waals surface area (Å²) in [4.78, 5) is 14.3. The Morgan fingerprint density at radius 3 is 2.77 bits per heavy atom. The molecule has 1 aromatic rings. The highest BCUT2D eigenvalue weighted by Gasteiger charge is 2.27. The number of nitrogens with zero attached hydrogens (tertiary/aromatic N) is 1. The number of nitrogens with one attached hydrogen (secondary N) is 2. The molecule has 124 valence electrons. The molecule has 1 heterocycles. The average molecular weight is 334 g/mol. The minimum atomic E-state index is -0.762. The Morgan fingerprint density at radius 2 is 2.14 bits per heavy atom. The summed E-state index contributed by atoms with van der Waals surface area (Å²) in [5.41, 5.74) is 0.00965. The monoisotopic (exact) mass is 333 g/mol. The molecule has 4 nitrogen and oxygen atoms in total. The number of carbonyl (C=O) groups is 1. The smallest absolute Gasteiger partial charge is 0.241 e. The van der Waals surface area contributed by atoms with Gasteiger partial charge in [0.1, 0.15) is 11.6 Å². The molecule has 1 aliphatic heterocycles. The number of benzene rings is 1. The summed E-state index contributed by atoms with van der Waals surface area (Å²) in [6.45, 7) is 3.43. The van der Waals surface area contributed by atoms with Gasteiger partial charge < -0.3 is 10.6 Å². The maximum absolute atomic E-state index is 13.6. The number of halogens is 3. The van der Waals surface area contributed by atoms with Crippen LogP contribution in [0.1, 0.15) is 19.8 Å². The molecule has 1 amide bonds. The fourth-order valence-corrected chi connectivity index (χ4v) is 2.59. The van der Waals surface area contributed by atoms with Crippen LogP contribution >= 0.6 is 12.4 Å². The third-order valence-corrected chi connectivity index (χ3v) is 3.98. The molecule has 2 rings (SSSR count). The van der Waals surface area contributed by atoms with Crippen molar-refractivity contribution in [2.24, 2.45) is 0 Å². The number of hydrogen-bond acceptors (Lipinski definition) is 3. The fourth-order valence-electron chi connectivity index (χ4n) is 2.59. The van der Waals surface area contributed by atoms with E-state index >= 15 is 0 Å². The topological polar surface area (TPSA) is 44.4 Å². The lowest BCUT2D eigenvalue weighted by Crippen LogP contribution is -2.51. The van der Waals surface area contributed by atoms with E-state index in [-0.39, 0.29) is 30.0 Å². The van der Waals surface area contributed by atoms with Gasteiger partial charge in [0.2, 0.25) is 5.91 Å². The SMILES string of the molecule is CNC1CCCN(C(C)C(=O)Nc2ccc(F)cc2F)C1.Cl. The highest BCUT2D eigenvalue weighted by atomic mass is 35.5. The van der Waals surface area contributed by atoms with E-state index in [0.717, 1.165) is 38.1 Å². The van der Waals surface area contributed by atoms with Crippen molar-refractivity contribution < 1.29 is 13.6 Å². The average Bonchev–Trinajstić information content (AvgIpc) is 2.49. The van der Waals surface area contributed by atoms with Gasteiger partial charge in [0.15, 0.2) is 0 Å². The molecule has 1 aliphatic rings. The van der Waals surface area contributed by atoms with Crippen molar-refractivity contribution in [1.29, 1.82) is 0 Å². The molecule has 1 saturated heterocycles. The molecule has 0 saturated carbocycles. The number of amides is 1. The van der Waals surface area contributed by atoms with E-state index in [1.807, 2.05) is 7.05 Å². The van der Waals surface area contributed by atoms with Gasteiger partial charge in [0, 0.05) is 18.7 Å². The Kier molecular flexibility index (Phi) is 7.19. The third-order valence-electron chi connectivity index (χ3n) is 3.98. The van der Waals surface area contributed by atoms with E-state index in [9.17, 15) is 13.6 Å². The van der Waals surface area contributed by atoms with Crippen molar-refractivity contribution in [3.63, 3.8) is 0 Å². The first-order valence-electron chi connectivity index (χ1n) is 7.18. The van der Waals surface area contributed by atoms with E-state index in [1.165, 1.54) is 6.07 Å². The molecule has 2 N–H and O–H groups in total. The van der Waals surface area contributed by atoms with Crippen molar-refractivity contribution in [1.82, 2.24) is 10.2 Å². The number of carbonyl (C=O) groups excluding carboxylic acids is 1. The van der Waals surface area contributed by atoms with Crippen LogP contribution in [0.25, 0.3) is 0 Å². The summed E-state index contributed by atoms with van der Waals surface area (Å²) in [6, 6.07) is 3.14. The van der Waals surface area contributed by atoms with Gasteiger partial charge >= 0.3 is 0 Å². The first kappa shape index (κ1) is 18.8. The van der Waals surface area contributed by atoms with Gasteiger partial charge in [-0.05, 0) is 45.5 Å². The number of likely N-dealkylation sites (tertiary alicyclic amines) is 1. The van der Waals surface area contributed by atoms with Crippen molar-refractivity contribution in [2.75, 3.05) is 25.5 Å². The second-order valence-corrected chi connectivity index (χ2v) is 5.41. The van der Waals surface area contributed by atoms with Gasteiger partial charge in [-0.3, -0.25) is 9.69 Å². The van der Waals surface area contributed by atoms with E-state index in [4.69, 9.17) is 0 Å². The van der Waals surface area contributed by atoms with Crippen LogP contribution in [0.2, 0.25) is 0 Å². The fraction of sp³-hybridized carbons (Fsp3) is 0.533. The number of rotatable bonds is 4. The molecule has 2 unspecified atom stereocenters. The van der Waals surface area contributed by atoms with E-state index in [2.05, 4.69) is 15.5 Å². The van der Waals surface area contributed by atoms with Crippen LogP contribution in [0.15, 0.2) is 18.2 Å². The Balaban J connectivity index is 0.00000242. The van der Waals surface area contributed by atoms with Crippen molar-refractivity contribution in [2.45, 2.75) is 31.8 Å². The van der Waals surface area contributed by atoms with Crippen LogP contribution in [0.3, 0.4) is 0 Å². The first-order chi connectivity index (χ1) is 10.0. The maximum atomic E-state index is 13.6. The summed E-state index contributed by atoms with van der Waals surface area (Å²) in [5, 5.41) is 5.74. The summed E-state index contributed by atoms with van der Waals surface area (Å²) in [6.07, 6.45) is 2.11. The molecule has 1 fully saturated rings. The third kappa shape index (κ3) is 4.63. The Hall–Kier alpha value is -1.24. The molecule has 0 bridgehead atoms. The Bertz CT molecular complexity index is 516. The highest BCUT2D eigenvalue weighted by molar-refractivity contribution is 5.94. The zero-order valence-electron chi connectivity index (χ0n) is 12.7. The lowest BCUT2D eigenvalue weighted by Gasteiger charge is -2.35. The molecule has 1 aromatic carbocycles. The lowest BCUT2D eigenvalue weighted by atomic mass is 10.0. The number of hydrogen-bond donors (Lipinski definition) is 2. The summed E-state index contributed by atoms with van der Waals surface area (Å²) < 4.78 is 26.4. The first-order valence-corrected chi connectivity index (χ1v) is 7.18. The van der Waals surface area contributed by atoms with Crippen LogP contribution in [0, 0.1) is 11.6 Å². The summed E-state index contributed by atoms with van der Waals surface area (Å²) >= 11 is 0. The molecule has 0 aromatic heterocycles. The normalized spacial score (nSPS) is 20.1. The van der Waals surface area contributed by atoms with Gasteiger partial charge in [0.05, 0.1) is 11.7 Å². The molecule has 7 heteroatoms. The minimum absolute atomic E-state index is 0. The van der Waals surface area contributed by atoms with Gasteiger partial charge in [0.25, 0.3) is 0 Å². The van der Waals surface area contributed by atoms with E-state index in [1.54, 1.807) is 6.92 Å². The zero-order chi connectivity index (χ0) is 15.4. The molecular formula is C15H22ClF2N3O. The molecule has 0 aliphatic carbocycles. The van der Waals surface area contributed by atoms with Gasteiger partial charge in [-0.15, -0.1) is 12.4 Å². The molecule has 22 heavy (non-hydrogen) atoms. The molecule has 2 atom stereocenters. The Labute approximate surface area is 135 Å². The number of anilines is 1. The maximum Gasteiger partial charge on any atom is 0.241 e. The summed E-state index contributed by atoms with van der Waals surface area (Å²) in [7, 11) is 1.91. The van der Waals surface area contributed by atoms with Crippen LogP contribution in [-0.2, 0) is 4.79 Å². The minimum Gasteiger partial charge on any atom is -0.322 e. The standard InChI is InChI=1S/C15H21F2N3O.ClH/c1-10(20-7-3-4-12(9-20)18-2)15(21)19-14-6-5-11(16)8-13(14)17;/h5-6,8,10,12,18H,3-4,7,9H2,1-2H3,(H,19,21);1H. The lowest BCUT2D eigenvalue weighted by molar-refractivity contribution is -0.121.